The number of amides is 3. The van der Waals surface area contributed by atoms with E-state index in [1.54, 1.807) is 29.6 Å². The summed E-state index contributed by atoms with van der Waals surface area (Å²) in [6, 6.07) is 16.7. The molecule has 3 rings (SSSR count). The SMILES string of the molecule is NC(=O)CNC(=O)c1ccc(CNC(=O)c2csc(Cc3ccccc3)n2)cc1. The van der Waals surface area contributed by atoms with Crippen molar-refractivity contribution in [2.24, 2.45) is 5.73 Å². The molecule has 0 aliphatic carbocycles. The number of benzene rings is 2. The molecule has 29 heavy (non-hydrogen) atoms. The number of primary amides is 1. The van der Waals surface area contributed by atoms with Crippen molar-refractivity contribution in [2.45, 2.75) is 13.0 Å². The van der Waals surface area contributed by atoms with Gasteiger partial charge in [-0.15, -0.1) is 11.3 Å². The predicted octanol–water partition coefficient (Wildman–Crippen LogP) is 1.88. The van der Waals surface area contributed by atoms with Crippen LogP contribution in [-0.2, 0) is 17.8 Å². The normalized spacial score (nSPS) is 10.3. The Kier molecular flexibility index (Phi) is 6.70. The fourth-order valence-corrected chi connectivity index (χ4v) is 3.39. The molecule has 0 unspecified atom stereocenters. The minimum absolute atomic E-state index is 0.212. The quantitative estimate of drug-likeness (QED) is 0.528. The second kappa shape index (κ2) is 9.61. The van der Waals surface area contributed by atoms with E-state index in [2.05, 4.69) is 15.6 Å². The van der Waals surface area contributed by atoms with Gasteiger partial charge in [-0.2, -0.15) is 0 Å². The van der Waals surface area contributed by atoms with E-state index in [4.69, 9.17) is 5.73 Å². The van der Waals surface area contributed by atoms with E-state index in [0.29, 0.717) is 24.2 Å². The summed E-state index contributed by atoms with van der Waals surface area (Å²) in [6.07, 6.45) is 0.693. The van der Waals surface area contributed by atoms with E-state index in [1.165, 1.54) is 11.3 Å². The highest BCUT2D eigenvalue weighted by Gasteiger charge is 2.11. The maximum absolute atomic E-state index is 12.3. The second-order valence-electron chi connectivity index (χ2n) is 6.32. The fraction of sp³-hybridized carbons (Fsp3) is 0.143. The van der Waals surface area contributed by atoms with Crippen LogP contribution in [-0.4, -0.2) is 29.3 Å². The van der Waals surface area contributed by atoms with Gasteiger partial charge < -0.3 is 16.4 Å². The number of hydrogen-bond acceptors (Lipinski definition) is 5. The van der Waals surface area contributed by atoms with Crippen LogP contribution in [0.15, 0.2) is 60.0 Å². The van der Waals surface area contributed by atoms with E-state index < -0.39 is 5.91 Å². The Hall–Kier alpha value is -3.52. The average molecular weight is 408 g/mol. The number of rotatable bonds is 8. The monoisotopic (exact) mass is 408 g/mol. The Morgan fingerprint density at radius 3 is 2.31 bits per heavy atom. The Balaban J connectivity index is 1.51. The number of nitrogens with two attached hydrogens (primary N) is 1. The zero-order chi connectivity index (χ0) is 20.6. The van der Waals surface area contributed by atoms with E-state index >= 15 is 0 Å². The van der Waals surface area contributed by atoms with Gasteiger partial charge in [0.1, 0.15) is 5.69 Å². The molecule has 0 radical (unpaired) electrons. The van der Waals surface area contributed by atoms with E-state index in [9.17, 15) is 14.4 Å². The molecule has 0 atom stereocenters. The number of aromatic nitrogens is 1. The van der Waals surface area contributed by atoms with Crippen LogP contribution in [0, 0.1) is 0 Å². The summed E-state index contributed by atoms with van der Waals surface area (Å²) in [5, 5.41) is 7.88. The highest BCUT2D eigenvalue weighted by atomic mass is 32.1. The Bertz CT molecular complexity index is 1000. The first-order valence-electron chi connectivity index (χ1n) is 8.93. The lowest BCUT2D eigenvalue weighted by Crippen LogP contribution is -2.33. The second-order valence-corrected chi connectivity index (χ2v) is 7.26. The van der Waals surface area contributed by atoms with Crippen molar-refractivity contribution < 1.29 is 14.4 Å². The van der Waals surface area contributed by atoms with Gasteiger partial charge in [-0.1, -0.05) is 42.5 Å². The lowest BCUT2D eigenvalue weighted by molar-refractivity contribution is -0.117. The molecule has 0 saturated carbocycles. The first-order valence-corrected chi connectivity index (χ1v) is 9.81. The molecule has 7 nitrogen and oxygen atoms in total. The van der Waals surface area contributed by atoms with Crippen LogP contribution in [0.1, 0.15) is 37.0 Å². The van der Waals surface area contributed by atoms with Crippen molar-refractivity contribution in [1.29, 1.82) is 0 Å². The Morgan fingerprint density at radius 1 is 0.897 bits per heavy atom. The molecule has 1 heterocycles. The fourth-order valence-electron chi connectivity index (χ4n) is 2.58. The van der Waals surface area contributed by atoms with Crippen LogP contribution in [0.4, 0.5) is 0 Å². The lowest BCUT2D eigenvalue weighted by atomic mass is 10.1. The Labute approximate surface area is 172 Å². The van der Waals surface area contributed by atoms with E-state index in [1.807, 2.05) is 30.3 Å². The van der Waals surface area contributed by atoms with Crippen LogP contribution >= 0.6 is 11.3 Å². The molecule has 0 saturated heterocycles. The minimum Gasteiger partial charge on any atom is -0.368 e. The molecular formula is C21H20N4O3S. The summed E-state index contributed by atoms with van der Waals surface area (Å²) >= 11 is 1.46. The highest BCUT2D eigenvalue weighted by Crippen LogP contribution is 2.15. The molecule has 4 N–H and O–H groups in total. The molecule has 0 aliphatic heterocycles. The van der Waals surface area contributed by atoms with Gasteiger partial charge in [0, 0.05) is 23.9 Å². The highest BCUT2D eigenvalue weighted by molar-refractivity contribution is 7.09. The molecule has 0 fully saturated rings. The van der Waals surface area contributed by atoms with Crippen molar-refractivity contribution in [3.63, 3.8) is 0 Å². The van der Waals surface area contributed by atoms with Crippen molar-refractivity contribution >= 4 is 29.1 Å². The van der Waals surface area contributed by atoms with Crippen molar-refractivity contribution in [3.8, 4) is 0 Å². The molecular weight excluding hydrogens is 388 g/mol. The smallest absolute Gasteiger partial charge is 0.271 e. The van der Waals surface area contributed by atoms with Crippen LogP contribution in [0.25, 0.3) is 0 Å². The van der Waals surface area contributed by atoms with Gasteiger partial charge in [-0.3, -0.25) is 14.4 Å². The number of nitrogens with one attached hydrogen (secondary N) is 2. The molecule has 0 spiro atoms. The van der Waals surface area contributed by atoms with Crippen LogP contribution < -0.4 is 16.4 Å². The standard InChI is InChI=1S/C21H20N4O3S/c22-18(26)12-24-20(27)16-8-6-15(7-9-16)11-23-21(28)17-13-29-19(25-17)10-14-4-2-1-3-5-14/h1-9,13H,10-12H2,(H2,22,26)(H,23,28)(H,24,27). The molecule has 0 aliphatic rings. The summed E-state index contributed by atoms with van der Waals surface area (Å²) in [5.41, 5.74) is 7.79. The van der Waals surface area contributed by atoms with Gasteiger partial charge in [0.2, 0.25) is 5.91 Å². The third-order valence-electron chi connectivity index (χ3n) is 4.07. The number of hydrogen-bond donors (Lipinski definition) is 3. The predicted molar refractivity (Wildman–Crippen MR) is 111 cm³/mol. The van der Waals surface area contributed by atoms with Gasteiger partial charge in [-0.25, -0.2) is 4.98 Å². The molecule has 148 valence electrons. The first-order chi connectivity index (χ1) is 14.0. The molecule has 3 amide bonds. The number of carbonyl (C=O) groups excluding carboxylic acids is 3. The Morgan fingerprint density at radius 2 is 1.62 bits per heavy atom. The van der Waals surface area contributed by atoms with Crippen molar-refractivity contribution in [2.75, 3.05) is 6.54 Å². The summed E-state index contributed by atoms with van der Waals surface area (Å²) in [7, 11) is 0. The van der Waals surface area contributed by atoms with Gasteiger partial charge in [-0.05, 0) is 23.3 Å². The van der Waals surface area contributed by atoms with E-state index in [-0.39, 0.29) is 18.4 Å². The maximum atomic E-state index is 12.3. The van der Waals surface area contributed by atoms with Gasteiger partial charge >= 0.3 is 0 Å². The van der Waals surface area contributed by atoms with Gasteiger partial charge in [0.15, 0.2) is 0 Å². The number of nitrogens with zero attached hydrogens (tertiary/aromatic N) is 1. The molecule has 8 heteroatoms. The number of carbonyl (C=O) groups is 3. The van der Waals surface area contributed by atoms with Gasteiger partial charge in [0.25, 0.3) is 11.8 Å². The van der Waals surface area contributed by atoms with Crippen LogP contribution in [0.2, 0.25) is 0 Å². The summed E-state index contributed by atoms with van der Waals surface area (Å²) < 4.78 is 0. The van der Waals surface area contributed by atoms with E-state index in [0.717, 1.165) is 16.1 Å². The number of thiazole rings is 1. The summed E-state index contributed by atoms with van der Waals surface area (Å²) in [6.45, 7) is 0.101. The zero-order valence-electron chi connectivity index (χ0n) is 15.6. The maximum Gasteiger partial charge on any atom is 0.271 e. The summed E-state index contributed by atoms with van der Waals surface area (Å²) in [4.78, 5) is 39.3. The summed E-state index contributed by atoms with van der Waals surface area (Å²) in [5.74, 6) is -1.23. The largest absolute Gasteiger partial charge is 0.368 e. The molecule has 2 aromatic carbocycles. The zero-order valence-corrected chi connectivity index (χ0v) is 16.4. The molecule has 1 aromatic heterocycles. The van der Waals surface area contributed by atoms with Gasteiger partial charge in [0.05, 0.1) is 11.6 Å². The van der Waals surface area contributed by atoms with Crippen LogP contribution in [0.5, 0.6) is 0 Å². The third-order valence-corrected chi connectivity index (χ3v) is 4.92. The molecule has 0 bridgehead atoms. The first kappa shape index (κ1) is 20.2. The molecule has 3 aromatic rings. The van der Waals surface area contributed by atoms with Crippen LogP contribution in [0.3, 0.4) is 0 Å². The van der Waals surface area contributed by atoms with Crippen molar-refractivity contribution in [1.82, 2.24) is 15.6 Å². The van der Waals surface area contributed by atoms with Crippen molar-refractivity contribution in [3.05, 3.63) is 87.4 Å². The minimum atomic E-state index is -0.605. The third kappa shape index (κ3) is 5.98. The lowest BCUT2D eigenvalue weighted by Gasteiger charge is -2.06. The average Bonchev–Trinajstić information content (AvgIpc) is 3.20. The topological polar surface area (TPSA) is 114 Å².